The van der Waals surface area contributed by atoms with Crippen molar-refractivity contribution in [3.63, 3.8) is 0 Å². The van der Waals surface area contributed by atoms with Gasteiger partial charge in [0.1, 0.15) is 17.1 Å². The van der Waals surface area contributed by atoms with Crippen molar-refractivity contribution in [3.05, 3.63) is 87.8 Å². The van der Waals surface area contributed by atoms with E-state index in [0.717, 1.165) is 5.56 Å². The van der Waals surface area contributed by atoms with Crippen molar-refractivity contribution < 1.29 is 13.9 Å². The van der Waals surface area contributed by atoms with Crippen molar-refractivity contribution in [3.8, 4) is 11.6 Å². The lowest BCUT2D eigenvalue weighted by atomic mass is 10.1. The number of nitrogens with one attached hydrogen (secondary N) is 1. The summed E-state index contributed by atoms with van der Waals surface area (Å²) in [6.45, 7) is 3.95. The van der Waals surface area contributed by atoms with Gasteiger partial charge in [0.15, 0.2) is 0 Å². The number of benzene rings is 2. The van der Waals surface area contributed by atoms with Crippen molar-refractivity contribution >= 4 is 17.5 Å². The summed E-state index contributed by atoms with van der Waals surface area (Å²) in [4.78, 5) is 17.2. The summed E-state index contributed by atoms with van der Waals surface area (Å²) in [5, 5.41) is 3.31. The van der Waals surface area contributed by atoms with Crippen LogP contribution in [0.15, 0.2) is 54.6 Å². The first-order chi connectivity index (χ1) is 13.5. The van der Waals surface area contributed by atoms with Gasteiger partial charge < -0.3 is 10.1 Å². The third-order valence-electron chi connectivity index (χ3n) is 4.30. The van der Waals surface area contributed by atoms with Crippen LogP contribution in [0.5, 0.6) is 11.6 Å². The minimum Gasteiger partial charge on any atom is -0.438 e. The highest BCUT2D eigenvalue weighted by molar-refractivity contribution is 6.32. The van der Waals surface area contributed by atoms with E-state index in [1.54, 1.807) is 13.8 Å². The first-order valence-electron chi connectivity index (χ1n) is 8.88. The molecule has 0 fully saturated rings. The maximum atomic E-state index is 13.1. The fraction of sp³-hybridized carbons (Fsp3) is 0.182. The van der Waals surface area contributed by atoms with Crippen LogP contribution in [0.4, 0.5) is 4.39 Å². The SMILES string of the molecule is Cc1nc(Oc2ccc(F)cc2)c(C(=O)NCCc2ccccc2)c(C)c1Cl. The molecule has 2 aromatic carbocycles. The molecule has 6 heteroatoms. The van der Waals surface area contributed by atoms with Crippen LogP contribution >= 0.6 is 11.6 Å². The van der Waals surface area contributed by atoms with Crippen molar-refractivity contribution in [1.82, 2.24) is 10.3 Å². The van der Waals surface area contributed by atoms with Gasteiger partial charge in [0, 0.05) is 6.54 Å². The highest BCUT2D eigenvalue weighted by atomic mass is 35.5. The lowest BCUT2D eigenvalue weighted by Gasteiger charge is -2.15. The second-order valence-electron chi connectivity index (χ2n) is 6.36. The highest BCUT2D eigenvalue weighted by Gasteiger charge is 2.21. The Balaban J connectivity index is 1.82. The number of nitrogens with zero attached hydrogens (tertiary/aromatic N) is 1. The average molecular weight is 399 g/mol. The van der Waals surface area contributed by atoms with Crippen LogP contribution in [0.2, 0.25) is 5.02 Å². The number of carbonyl (C=O) groups excluding carboxylic acids is 1. The summed E-state index contributed by atoms with van der Waals surface area (Å²) >= 11 is 6.30. The molecule has 0 spiro atoms. The highest BCUT2D eigenvalue weighted by Crippen LogP contribution is 2.31. The summed E-state index contributed by atoms with van der Waals surface area (Å²) in [7, 11) is 0. The third-order valence-corrected chi connectivity index (χ3v) is 4.86. The minimum atomic E-state index is -0.373. The molecule has 1 amide bonds. The largest absolute Gasteiger partial charge is 0.438 e. The van der Waals surface area contributed by atoms with Gasteiger partial charge in [-0.1, -0.05) is 41.9 Å². The maximum absolute atomic E-state index is 13.1. The number of aryl methyl sites for hydroxylation is 1. The standard InChI is InChI=1S/C22H20ClFN2O2/c1-14-19(21(27)25-13-12-16-6-4-3-5-7-16)22(26-15(2)20(14)23)28-18-10-8-17(24)9-11-18/h3-11H,12-13H2,1-2H3,(H,25,27). The number of rotatable bonds is 6. The number of aromatic nitrogens is 1. The minimum absolute atomic E-state index is 0.142. The van der Waals surface area contributed by atoms with Gasteiger partial charge in [0.25, 0.3) is 5.91 Å². The molecule has 3 aromatic rings. The molecule has 0 aliphatic carbocycles. The molecule has 0 bridgehead atoms. The molecule has 0 aliphatic heterocycles. The molecule has 1 N–H and O–H groups in total. The summed E-state index contributed by atoms with van der Waals surface area (Å²) in [6, 6.07) is 15.4. The fourth-order valence-electron chi connectivity index (χ4n) is 2.81. The van der Waals surface area contributed by atoms with Gasteiger partial charge in [-0.2, -0.15) is 0 Å². The molecule has 0 atom stereocenters. The topological polar surface area (TPSA) is 51.2 Å². The Morgan fingerprint density at radius 1 is 1.11 bits per heavy atom. The summed E-state index contributed by atoms with van der Waals surface area (Å²) in [5.41, 5.74) is 2.54. The molecule has 3 rings (SSSR count). The zero-order valence-corrected chi connectivity index (χ0v) is 16.4. The molecule has 28 heavy (non-hydrogen) atoms. The van der Waals surface area contributed by atoms with Gasteiger partial charge >= 0.3 is 0 Å². The Kier molecular flexibility index (Phi) is 6.26. The van der Waals surface area contributed by atoms with Crippen LogP contribution < -0.4 is 10.1 Å². The molecule has 0 saturated heterocycles. The van der Waals surface area contributed by atoms with E-state index < -0.39 is 0 Å². The Bertz CT molecular complexity index is 976. The van der Waals surface area contributed by atoms with Gasteiger partial charge in [-0.15, -0.1) is 0 Å². The van der Waals surface area contributed by atoms with Crippen molar-refractivity contribution in [2.45, 2.75) is 20.3 Å². The molecule has 1 heterocycles. The Morgan fingerprint density at radius 2 is 1.79 bits per heavy atom. The van der Waals surface area contributed by atoms with E-state index in [2.05, 4.69) is 10.3 Å². The van der Waals surface area contributed by atoms with E-state index in [1.807, 2.05) is 30.3 Å². The Morgan fingerprint density at radius 3 is 2.46 bits per heavy atom. The van der Waals surface area contributed by atoms with Crippen LogP contribution in [-0.4, -0.2) is 17.4 Å². The van der Waals surface area contributed by atoms with Crippen LogP contribution in [0, 0.1) is 19.7 Å². The van der Waals surface area contributed by atoms with Gasteiger partial charge in [-0.25, -0.2) is 9.37 Å². The number of pyridine rings is 1. The van der Waals surface area contributed by atoms with E-state index in [0.29, 0.717) is 35.0 Å². The molecule has 4 nitrogen and oxygen atoms in total. The molecule has 1 aromatic heterocycles. The molecular formula is C22H20ClFN2O2. The van der Waals surface area contributed by atoms with Crippen LogP contribution in [-0.2, 0) is 6.42 Å². The zero-order chi connectivity index (χ0) is 20.1. The normalized spacial score (nSPS) is 10.6. The van der Waals surface area contributed by atoms with Gasteiger partial charge in [0.05, 0.1) is 10.7 Å². The van der Waals surface area contributed by atoms with E-state index in [9.17, 15) is 9.18 Å². The number of carbonyl (C=O) groups is 1. The van der Waals surface area contributed by atoms with Crippen molar-refractivity contribution in [1.29, 1.82) is 0 Å². The Labute approximate surface area is 168 Å². The van der Waals surface area contributed by atoms with Crippen molar-refractivity contribution in [2.24, 2.45) is 0 Å². The zero-order valence-electron chi connectivity index (χ0n) is 15.6. The first kappa shape index (κ1) is 19.8. The summed E-state index contributed by atoms with van der Waals surface area (Å²) in [6.07, 6.45) is 0.701. The van der Waals surface area contributed by atoms with Crippen LogP contribution in [0.25, 0.3) is 0 Å². The summed E-state index contributed by atoms with van der Waals surface area (Å²) in [5.74, 6) is -0.167. The quantitative estimate of drug-likeness (QED) is 0.616. The van der Waals surface area contributed by atoms with Gasteiger partial charge in [-0.3, -0.25) is 4.79 Å². The predicted octanol–water partition coefficient (Wildman–Crippen LogP) is 5.26. The summed E-state index contributed by atoms with van der Waals surface area (Å²) < 4.78 is 18.9. The van der Waals surface area contributed by atoms with E-state index in [1.165, 1.54) is 24.3 Å². The molecule has 0 unspecified atom stereocenters. The lowest BCUT2D eigenvalue weighted by Crippen LogP contribution is -2.27. The predicted molar refractivity (Wildman–Crippen MR) is 108 cm³/mol. The monoisotopic (exact) mass is 398 g/mol. The maximum Gasteiger partial charge on any atom is 0.257 e. The number of hydrogen-bond donors (Lipinski definition) is 1. The number of hydrogen-bond acceptors (Lipinski definition) is 3. The Hall–Kier alpha value is -2.92. The molecule has 0 radical (unpaired) electrons. The molecule has 144 valence electrons. The third kappa shape index (κ3) is 4.67. The molecule has 0 aliphatic rings. The van der Waals surface area contributed by atoms with Crippen LogP contribution in [0.3, 0.4) is 0 Å². The average Bonchev–Trinajstić information content (AvgIpc) is 2.69. The van der Waals surface area contributed by atoms with E-state index in [4.69, 9.17) is 16.3 Å². The molecular weight excluding hydrogens is 379 g/mol. The smallest absolute Gasteiger partial charge is 0.257 e. The molecule has 0 saturated carbocycles. The van der Waals surface area contributed by atoms with Crippen molar-refractivity contribution in [2.75, 3.05) is 6.54 Å². The number of halogens is 2. The fourth-order valence-corrected chi connectivity index (χ4v) is 2.94. The van der Waals surface area contributed by atoms with Crippen LogP contribution in [0.1, 0.15) is 27.2 Å². The van der Waals surface area contributed by atoms with Gasteiger partial charge in [0.2, 0.25) is 5.88 Å². The second-order valence-corrected chi connectivity index (χ2v) is 6.74. The lowest BCUT2D eigenvalue weighted by molar-refractivity contribution is 0.0950. The number of amides is 1. The van der Waals surface area contributed by atoms with Gasteiger partial charge in [-0.05, 0) is 55.7 Å². The van der Waals surface area contributed by atoms with E-state index in [-0.39, 0.29) is 23.2 Å². The second kappa shape index (κ2) is 8.85. The van der Waals surface area contributed by atoms with E-state index >= 15 is 0 Å². The number of ether oxygens (including phenoxy) is 1. The first-order valence-corrected chi connectivity index (χ1v) is 9.25.